The number of aliphatic hydroxyl groups is 1. The van der Waals surface area contributed by atoms with Gasteiger partial charge in [0.2, 0.25) is 11.7 Å². The summed E-state index contributed by atoms with van der Waals surface area (Å²) >= 11 is 0. The van der Waals surface area contributed by atoms with Crippen LogP contribution in [0.3, 0.4) is 0 Å². The number of hydrogen-bond donors (Lipinski definition) is 3. The fraction of sp³-hybridized carbons (Fsp3) is 0.333. The van der Waals surface area contributed by atoms with Gasteiger partial charge in [-0.3, -0.25) is 9.59 Å². The van der Waals surface area contributed by atoms with Gasteiger partial charge < -0.3 is 25.0 Å². The number of nitrogens with one attached hydrogen (secondary N) is 2. The van der Waals surface area contributed by atoms with E-state index in [1.807, 2.05) is 0 Å². The summed E-state index contributed by atoms with van der Waals surface area (Å²) in [6, 6.07) is 6.76. The first-order valence-corrected chi connectivity index (χ1v) is 7.23. The number of aliphatic hydroxyl groups excluding tert-OH is 1. The average Bonchev–Trinajstić information content (AvgIpc) is 3.00. The van der Waals surface area contributed by atoms with Crippen LogP contribution in [0, 0.1) is 0 Å². The molecule has 3 N–H and O–H groups in total. The summed E-state index contributed by atoms with van der Waals surface area (Å²) in [6.07, 6.45) is -0.667. The number of anilines is 1. The van der Waals surface area contributed by atoms with Crippen LogP contribution in [0.5, 0.6) is 5.75 Å². The number of benzene rings is 1. The van der Waals surface area contributed by atoms with Gasteiger partial charge in [-0.05, 0) is 31.2 Å². The van der Waals surface area contributed by atoms with Gasteiger partial charge in [-0.15, -0.1) is 0 Å². The van der Waals surface area contributed by atoms with Gasteiger partial charge in [0.25, 0.3) is 0 Å². The van der Waals surface area contributed by atoms with Crippen LogP contribution < -0.4 is 15.4 Å². The van der Waals surface area contributed by atoms with Crippen molar-refractivity contribution < 1.29 is 24.0 Å². The Balaban J connectivity index is 1.86. The van der Waals surface area contributed by atoms with Crippen molar-refractivity contribution in [2.24, 2.45) is 0 Å². The first-order chi connectivity index (χ1) is 11.4. The second-order valence-electron chi connectivity index (χ2n) is 5.07. The van der Waals surface area contributed by atoms with Crippen LogP contribution in [0.1, 0.15) is 30.4 Å². The highest BCUT2D eigenvalue weighted by Crippen LogP contribution is 2.16. The fourth-order valence-electron chi connectivity index (χ4n) is 1.71. The zero-order valence-electron chi connectivity index (χ0n) is 13.3. The van der Waals surface area contributed by atoms with Crippen LogP contribution in [0.2, 0.25) is 0 Å². The fourth-order valence-corrected chi connectivity index (χ4v) is 1.71. The Hall–Kier alpha value is -2.94. The summed E-state index contributed by atoms with van der Waals surface area (Å²) in [7, 11) is 0. The minimum absolute atomic E-state index is 0.0205. The molecular weight excluding hydrogens is 316 g/mol. The van der Waals surface area contributed by atoms with Gasteiger partial charge in [0.15, 0.2) is 6.61 Å². The van der Waals surface area contributed by atoms with Crippen molar-refractivity contribution in [3.8, 4) is 5.75 Å². The molecule has 0 saturated heterocycles. The Bertz CT molecular complexity index is 696. The zero-order chi connectivity index (χ0) is 17.5. The SMILES string of the molecule is CC(=O)Nc1ccc(OCc2noc(C(=O)NCC(C)O)n2)cc1. The van der Waals surface area contributed by atoms with Gasteiger partial charge in [-0.25, -0.2) is 0 Å². The number of nitrogens with zero attached hydrogens (tertiary/aromatic N) is 2. The molecule has 1 atom stereocenters. The minimum Gasteiger partial charge on any atom is -0.485 e. The van der Waals surface area contributed by atoms with Crippen molar-refractivity contribution in [1.29, 1.82) is 0 Å². The van der Waals surface area contributed by atoms with Crippen LogP contribution in [-0.2, 0) is 11.4 Å². The molecule has 128 valence electrons. The van der Waals surface area contributed by atoms with Crippen molar-refractivity contribution in [2.45, 2.75) is 26.6 Å². The van der Waals surface area contributed by atoms with Crippen molar-refractivity contribution in [2.75, 3.05) is 11.9 Å². The lowest BCUT2D eigenvalue weighted by Gasteiger charge is -2.05. The van der Waals surface area contributed by atoms with Crippen molar-refractivity contribution in [3.63, 3.8) is 0 Å². The Labute approximate surface area is 138 Å². The predicted molar refractivity (Wildman–Crippen MR) is 83.4 cm³/mol. The molecule has 1 heterocycles. The minimum atomic E-state index is -0.667. The molecule has 0 fully saturated rings. The molecule has 24 heavy (non-hydrogen) atoms. The molecule has 1 unspecified atom stereocenters. The maximum absolute atomic E-state index is 11.7. The molecule has 0 spiro atoms. The van der Waals surface area contributed by atoms with Gasteiger partial charge in [0.05, 0.1) is 6.10 Å². The second kappa shape index (κ2) is 8.06. The number of ether oxygens (including phenoxy) is 1. The van der Waals surface area contributed by atoms with E-state index in [2.05, 4.69) is 20.8 Å². The maximum atomic E-state index is 11.7. The molecule has 0 aliphatic carbocycles. The van der Waals surface area contributed by atoms with Gasteiger partial charge in [0.1, 0.15) is 5.75 Å². The molecule has 0 bridgehead atoms. The van der Waals surface area contributed by atoms with Gasteiger partial charge in [-0.2, -0.15) is 4.98 Å². The van der Waals surface area contributed by atoms with E-state index in [-0.39, 0.29) is 30.8 Å². The molecule has 0 radical (unpaired) electrons. The highest BCUT2D eigenvalue weighted by molar-refractivity contribution is 5.89. The van der Waals surface area contributed by atoms with Crippen LogP contribution in [0.4, 0.5) is 5.69 Å². The Morgan fingerprint density at radius 1 is 1.33 bits per heavy atom. The summed E-state index contributed by atoms with van der Waals surface area (Å²) in [4.78, 5) is 26.5. The number of aromatic nitrogens is 2. The largest absolute Gasteiger partial charge is 0.485 e. The van der Waals surface area contributed by atoms with Gasteiger partial charge in [-0.1, -0.05) is 5.16 Å². The molecule has 2 amide bonds. The van der Waals surface area contributed by atoms with E-state index in [9.17, 15) is 9.59 Å². The van der Waals surface area contributed by atoms with E-state index in [0.29, 0.717) is 11.4 Å². The van der Waals surface area contributed by atoms with Crippen molar-refractivity contribution >= 4 is 17.5 Å². The first-order valence-electron chi connectivity index (χ1n) is 7.23. The quantitative estimate of drug-likeness (QED) is 0.681. The van der Waals surface area contributed by atoms with E-state index < -0.39 is 12.0 Å². The summed E-state index contributed by atoms with van der Waals surface area (Å²) in [5.74, 6) is -0.154. The second-order valence-corrected chi connectivity index (χ2v) is 5.07. The number of carbonyl (C=O) groups excluding carboxylic acids is 2. The monoisotopic (exact) mass is 334 g/mol. The van der Waals surface area contributed by atoms with E-state index in [1.165, 1.54) is 6.92 Å². The summed E-state index contributed by atoms with van der Waals surface area (Å²) in [6.45, 7) is 3.08. The lowest BCUT2D eigenvalue weighted by molar-refractivity contribution is -0.114. The zero-order valence-corrected chi connectivity index (χ0v) is 13.3. The van der Waals surface area contributed by atoms with E-state index in [1.54, 1.807) is 31.2 Å². The van der Waals surface area contributed by atoms with Crippen molar-refractivity contribution in [1.82, 2.24) is 15.5 Å². The van der Waals surface area contributed by atoms with Crippen LogP contribution in [-0.4, -0.2) is 39.7 Å². The molecule has 2 aromatic rings. The molecule has 0 aliphatic heterocycles. The number of hydrogen-bond acceptors (Lipinski definition) is 7. The number of amides is 2. The topological polar surface area (TPSA) is 127 Å². The van der Waals surface area contributed by atoms with E-state index in [0.717, 1.165) is 0 Å². The molecular formula is C15H18N4O5. The third-order valence-electron chi connectivity index (χ3n) is 2.76. The van der Waals surface area contributed by atoms with Crippen LogP contribution in [0.15, 0.2) is 28.8 Å². The summed E-state index contributed by atoms with van der Waals surface area (Å²) in [5, 5.41) is 17.8. The number of carbonyl (C=O) groups is 2. The molecule has 1 aromatic carbocycles. The Morgan fingerprint density at radius 2 is 2.04 bits per heavy atom. The van der Waals surface area contributed by atoms with E-state index >= 15 is 0 Å². The standard InChI is InChI=1S/C15H18N4O5/c1-9(20)7-16-14(22)15-18-13(19-24-15)8-23-12-5-3-11(4-6-12)17-10(2)21/h3-6,9,20H,7-8H2,1-2H3,(H,16,22)(H,17,21). The highest BCUT2D eigenvalue weighted by Gasteiger charge is 2.15. The highest BCUT2D eigenvalue weighted by atomic mass is 16.5. The summed E-state index contributed by atoms with van der Waals surface area (Å²) < 4.78 is 10.3. The number of rotatable bonds is 7. The lowest BCUT2D eigenvalue weighted by Crippen LogP contribution is -2.30. The molecule has 0 aliphatic rings. The van der Waals surface area contributed by atoms with Crippen LogP contribution >= 0.6 is 0 Å². The molecule has 1 aromatic heterocycles. The smallest absolute Gasteiger partial charge is 0.316 e. The normalized spacial score (nSPS) is 11.6. The van der Waals surface area contributed by atoms with Gasteiger partial charge in [0, 0.05) is 19.2 Å². The Kier molecular flexibility index (Phi) is 5.85. The predicted octanol–water partition coefficient (Wildman–Crippen LogP) is 0.718. The molecule has 2 rings (SSSR count). The molecule has 9 nitrogen and oxygen atoms in total. The van der Waals surface area contributed by atoms with Crippen LogP contribution in [0.25, 0.3) is 0 Å². The average molecular weight is 334 g/mol. The van der Waals surface area contributed by atoms with Crippen molar-refractivity contribution in [3.05, 3.63) is 36.0 Å². The third kappa shape index (κ3) is 5.36. The Morgan fingerprint density at radius 3 is 2.67 bits per heavy atom. The lowest BCUT2D eigenvalue weighted by atomic mass is 10.3. The van der Waals surface area contributed by atoms with E-state index in [4.69, 9.17) is 14.4 Å². The molecule has 0 saturated carbocycles. The molecule has 9 heteroatoms. The summed E-state index contributed by atoms with van der Waals surface area (Å²) in [5.41, 5.74) is 0.659. The third-order valence-corrected chi connectivity index (χ3v) is 2.76. The van der Waals surface area contributed by atoms with Gasteiger partial charge >= 0.3 is 11.8 Å². The first kappa shape index (κ1) is 17.4. The maximum Gasteiger partial charge on any atom is 0.316 e.